The van der Waals surface area contributed by atoms with Crippen molar-refractivity contribution in [3.63, 3.8) is 0 Å². The van der Waals surface area contributed by atoms with Gasteiger partial charge in [0, 0.05) is 18.3 Å². The summed E-state index contributed by atoms with van der Waals surface area (Å²) in [5.74, 6) is -0.756. The Morgan fingerprint density at radius 2 is 2.21 bits per heavy atom. The van der Waals surface area contributed by atoms with Gasteiger partial charge in [0.2, 0.25) is 0 Å². The third kappa shape index (κ3) is 2.47. The van der Waals surface area contributed by atoms with Crippen LogP contribution < -0.4 is 10.5 Å². The highest BCUT2D eigenvalue weighted by molar-refractivity contribution is 6.01. The number of benzene rings is 1. The summed E-state index contributed by atoms with van der Waals surface area (Å²) in [7, 11) is 1.51. The van der Waals surface area contributed by atoms with Gasteiger partial charge in [0.05, 0.1) is 12.7 Å². The first-order valence-electron chi connectivity index (χ1n) is 6.02. The van der Waals surface area contributed by atoms with Crippen LogP contribution in [-0.4, -0.2) is 41.6 Å². The number of likely N-dealkylation sites (tertiary alicyclic amines) is 1. The van der Waals surface area contributed by atoms with Crippen molar-refractivity contribution in [1.82, 2.24) is 4.90 Å². The van der Waals surface area contributed by atoms with Gasteiger partial charge in [-0.25, -0.2) is 4.79 Å². The van der Waals surface area contributed by atoms with Crippen molar-refractivity contribution < 1.29 is 19.4 Å². The van der Waals surface area contributed by atoms with Crippen molar-refractivity contribution in [2.75, 3.05) is 19.4 Å². The molecule has 19 heavy (non-hydrogen) atoms. The maximum atomic E-state index is 12.3. The zero-order valence-electron chi connectivity index (χ0n) is 10.6. The van der Waals surface area contributed by atoms with E-state index in [1.165, 1.54) is 12.0 Å². The number of carbonyl (C=O) groups excluding carboxylic acids is 1. The molecule has 1 amide bonds. The standard InChI is InChI=1S/C13H16N2O4/c1-19-8-4-5-9(10(14)7-8)12(16)15-6-2-3-11(15)13(17)18/h4-5,7,11H,2-3,6,14H2,1H3,(H,17,18)/t11-/m1/s1. The van der Waals surface area contributed by atoms with Crippen LogP contribution in [-0.2, 0) is 4.79 Å². The molecule has 6 heteroatoms. The number of nitrogen functional groups attached to an aromatic ring is 1. The molecule has 1 atom stereocenters. The Kier molecular flexibility index (Phi) is 3.59. The summed E-state index contributed by atoms with van der Waals surface area (Å²) < 4.78 is 5.02. The summed E-state index contributed by atoms with van der Waals surface area (Å²) in [6.45, 7) is 0.446. The minimum Gasteiger partial charge on any atom is -0.497 e. The Morgan fingerprint density at radius 3 is 2.79 bits per heavy atom. The van der Waals surface area contributed by atoms with Crippen molar-refractivity contribution in [3.05, 3.63) is 23.8 Å². The normalized spacial score (nSPS) is 18.4. The van der Waals surface area contributed by atoms with E-state index in [-0.39, 0.29) is 5.91 Å². The third-order valence-corrected chi connectivity index (χ3v) is 3.29. The molecule has 1 aliphatic rings. The first-order chi connectivity index (χ1) is 9.04. The first-order valence-corrected chi connectivity index (χ1v) is 6.02. The topological polar surface area (TPSA) is 92.9 Å². The highest BCUT2D eigenvalue weighted by Gasteiger charge is 2.34. The average Bonchev–Trinajstić information content (AvgIpc) is 2.87. The van der Waals surface area contributed by atoms with Gasteiger partial charge in [-0.05, 0) is 25.0 Å². The van der Waals surface area contributed by atoms with Gasteiger partial charge in [-0.2, -0.15) is 0 Å². The molecule has 102 valence electrons. The van der Waals surface area contributed by atoms with Crippen LogP contribution in [0.15, 0.2) is 18.2 Å². The number of nitrogens with two attached hydrogens (primary N) is 1. The van der Waals surface area contributed by atoms with Crippen LogP contribution in [0.25, 0.3) is 0 Å². The highest BCUT2D eigenvalue weighted by Crippen LogP contribution is 2.25. The number of carboxylic acids is 1. The number of aliphatic carboxylic acids is 1. The van der Waals surface area contributed by atoms with Gasteiger partial charge in [-0.15, -0.1) is 0 Å². The SMILES string of the molecule is COc1ccc(C(=O)N2CCC[C@@H]2C(=O)O)c(N)c1. The number of hydrogen-bond donors (Lipinski definition) is 2. The quantitative estimate of drug-likeness (QED) is 0.793. The van der Waals surface area contributed by atoms with E-state index in [1.807, 2.05) is 0 Å². The molecule has 0 saturated carbocycles. The van der Waals surface area contributed by atoms with Crippen molar-refractivity contribution in [2.45, 2.75) is 18.9 Å². The predicted molar refractivity (Wildman–Crippen MR) is 69.1 cm³/mol. The van der Waals surface area contributed by atoms with Crippen LogP contribution in [0.2, 0.25) is 0 Å². The lowest BCUT2D eigenvalue weighted by atomic mass is 10.1. The van der Waals surface area contributed by atoms with Crippen molar-refractivity contribution in [3.8, 4) is 5.75 Å². The summed E-state index contributed by atoms with van der Waals surface area (Å²) >= 11 is 0. The fraction of sp³-hybridized carbons (Fsp3) is 0.385. The largest absolute Gasteiger partial charge is 0.497 e. The van der Waals surface area contributed by atoms with Gasteiger partial charge in [-0.3, -0.25) is 4.79 Å². The van der Waals surface area contributed by atoms with E-state index in [0.717, 1.165) is 0 Å². The van der Waals surface area contributed by atoms with E-state index in [9.17, 15) is 9.59 Å². The molecule has 1 aromatic carbocycles. The van der Waals surface area contributed by atoms with Gasteiger partial charge in [0.15, 0.2) is 0 Å². The fourth-order valence-electron chi connectivity index (χ4n) is 2.28. The summed E-state index contributed by atoms with van der Waals surface area (Å²) in [5, 5.41) is 9.09. The number of methoxy groups -OCH3 is 1. The zero-order valence-corrected chi connectivity index (χ0v) is 10.6. The van der Waals surface area contributed by atoms with Gasteiger partial charge in [0.25, 0.3) is 5.91 Å². The Hall–Kier alpha value is -2.24. The van der Waals surface area contributed by atoms with E-state index in [2.05, 4.69) is 0 Å². The zero-order chi connectivity index (χ0) is 14.0. The second-order valence-electron chi connectivity index (χ2n) is 4.45. The Balaban J connectivity index is 2.26. The summed E-state index contributed by atoms with van der Waals surface area (Å²) in [6.07, 6.45) is 1.18. The molecule has 0 spiro atoms. The van der Waals surface area contributed by atoms with Crippen molar-refractivity contribution >= 4 is 17.6 Å². The van der Waals surface area contributed by atoms with Crippen LogP contribution in [0.5, 0.6) is 5.75 Å². The van der Waals surface area contributed by atoms with Crippen LogP contribution >= 0.6 is 0 Å². The monoisotopic (exact) mass is 264 g/mol. The minimum absolute atomic E-state index is 0.292. The first kappa shape index (κ1) is 13.2. The van der Waals surface area contributed by atoms with Gasteiger partial charge in [-0.1, -0.05) is 0 Å². The smallest absolute Gasteiger partial charge is 0.326 e. The lowest BCUT2D eigenvalue weighted by Gasteiger charge is -2.22. The third-order valence-electron chi connectivity index (χ3n) is 3.29. The van der Waals surface area contributed by atoms with E-state index in [0.29, 0.717) is 36.4 Å². The van der Waals surface area contributed by atoms with Crippen LogP contribution in [0.3, 0.4) is 0 Å². The van der Waals surface area contributed by atoms with Crippen molar-refractivity contribution in [1.29, 1.82) is 0 Å². The Labute approximate surface area is 110 Å². The molecule has 3 N–H and O–H groups in total. The number of rotatable bonds is 3. The molecular weight excluding hydrogens is 248 g/mol. The highest BCUT2D eigenvalue weighted by atomic mass is 16.5. The number of nitrogens with zero attached hydrogens (tertiary/aromatic N) is 1. The lowest BCUT2D eigenvalue weighted by Crippen LogP contribution is -2.40. The molecule has 1 saturated heterocycles. The molecule has 1 aromatic rings. The van der Waals surface area contributed by atoms with Crippen LogP contribution in [0.4, 0.5) is 5.69 Å². The number of carboxylic acid groups (broad SMARTS) is 1. The molecule has 6 nitrogen and oxygen atoms in total. The molecule has 0 radical (unpaired) electrons. The molecule has 0 aromatic heterocycles. The number of carbonyl (C=O) groups is 2. The summed E-state index contributed by atoms with van der Waals surface area (Å²) in [4.78, 5) is 24.8. The second-order valence-corrected chi connectivity index (χ2v) is 4.45. The minimum atomic E-state index is -0.974. The predicted octanol–water partition coefficient (Wildman–Crippen LogP) is 0.967. The lowest BCUT2D eigenvalue weighted by molar-refractivity contribution is -0.141. The van der Waals surface area contributed by atoms with E-state index in [1.54, 1.807) is 18.2 Å². The Morgan fingerprint density at radius 1 is 1.47 bits per heavy atom. The number of hydrogen-bond acceptors (Lipinski definition) is 4. The second kappa shape index (κ2) is 5.17. The average molecular weight is 264 g/mol. The van der Waals surface area contributed by atoms with E-state index >= 15 is 0 Å². The van der Waals surface area contributed by atoms with Crippen LogP contribution in [0, 0.1) is 0 Å². The Bertz CT molecular complexity index is 515. The van der Waals surface area contributed by atoms with E-state index in [4.69, 9.17) is 15.6 Å². The molecule has 0 bridgehead atoms. The van der Waals surface area contributed by atoms with Crippen LogP contribution in [0.1, 0.15) is 23.2 Å². The van der Waals surface area contributed by atoms with Gasteiger partial charge in [0.1, 0.15) is 11.8 Å². The molecule has 0 aliphatic carbocycles. The van der Waals surface area contributed by atoms with Gasteiger partial charge < -0.3 is 20.5 Å². The summed E-state index contributed by atoms with van der Waals surface area (Å²) in [6, 6.07) is 4.00. The number of amides is 1. The molecule has 0 unspecified atom stereocenters. The molecular formula is C13H16N2O4. The van der Waals surface area contributed by atoms with E-state index < -0.39 is 12.0 Å². The molecule has 1 heterocycles. The van der Waals surface area contributed by atoms with Gasteiger partial charge >= 0.3 is 5.97 Å². The number of anilines is 1. The molecule has 1 fully saturated rings. The van der Waals surface area contributed by atoms with Crippen molar-refractivity contribution in [2.24, 2.45) is 0 Å². The maximum absolute atomic E-state index is 12.3. The number of ether oxygens (including phenoxy) is 1. The maximum Gasteiger partial charge on any atom is 0.326 e. The molecule has 1 aliphatic heterocycles. The summed E-state index contributed by atoms with van der Waals surface area (Å²) in [5.41, 5.74) is 6.42. The molecule has 2 rings (SSSR count). The fourth-order valence-corrected chi connectivity index (χ4v) is 2.28.